The van der Waals surface area contributed by atoms with Crippen LogP contribution in [0.5, 0.6) is 0 Å². The molecule has 0 spiro atoms. The van der Waals surface area contributed by atoms with E-state index in [9.17, 15) is 16.8 Å². The Hall–Kier alpha value is -0.180. The fourth-order valence-corrected chi connectivity index (χ4v) is 6.01. The third-order valence-corrected chi connectivity index (χ3v) is 6.66. The van der Waals surface area contributed by atoms with Crippen molar-refractivity contribution in [3.8, 4) is 0 Å². The molecule has 0 saturated carbocycles. The zero-order valence-corrected chi connectivity index (χ0v) is 10.9. The lowest BCUT2D eigenvalue weighted by atomic mass is 10.2. The van der Waals surface area contributed by atoms with Crippen LogP contribution in [0.1, 0.15) is 19.8 Å². The quantitative estimate of drug-likeness (QED) is 0.655. The average molecular weight is 270 g/mol. The molecule has 1 aliphatic heterocycles. The zero-order chi connectivity index (χ0) is 12.4. The molecule has 1 rings (SSSR count). The number of sulfonamides is 1. The highest BCUT2D eigenvalue weighted by Crippen LogP contribution is 2.18. The minimum absolute atomic E-state index is 0.0437. The van der Waals surface area contributed by atoms with Crippen molar-refractivity contribution >= 4 is 19.9 Å². The summed E-state index contributed by atoms with van der Waals surface area (Å²) in [6, 6.07) is -0.312. The van der Waals surface area contributed by atoms with Gasteiger partial charge in [0.25, 0.3) is 0 Å². The Morgan fingerprint density at radius 1 is 1.50 bits per heavy atom. The second-order valence-corrected chi connectivity index (χ2v) is 8.25. The van der Waals surface area contributed by atoms with Gasteiger partial charge in [0.05, 0.1) is 16.8 Å². The summed E-state index contributed by atoms with van der Waals surface area (Å²) in [5.74, 6) is -0.318. The Morgan fingerprint density at radius 3 is 2.50 bits per heavy atom. The number of nitrogens with two attached hydrogens (primary N) is 1. The highest BCUT2D eigenvalue weighted by Gasteiger charge is 2.37. The van der Waals surface area contributed by atoms with Gasteiger partial charge in [0, 0.05) is 12.6 Å². The van der Waals surface area contributed by atoms with Crippen molar-refractivity contribution in [2.45, 2.75) is 31.1 Å². The molecule has 16 heavy (non-hydrogen) atoms. The smallest absolute Gasteiger partial charge is 0.215 e. The SMILES string of the molecule is CCC(CN)NS(=O)(=O)C1CCS(=O)(=O)C1. The molecule has 0 aliphatic carbocycles. The van der Waals surface area contributed by atoms with Crippen LogP contribution >= 0.6 is 0 Å². The van der Waals surface area contributed by atoms with Gasteiger partial charge in [-0.3, -0.25) is 0 Å². The molecule has 1 fully saturated rings. The van der Waals surface area contributed by atoms with Crippen molar-refractivity contribution in [1.29, 1.82) is 0 Å². The van der Waals surface area contributed by atoms with E-state index >= 15 is 0 Å². The molecule has 2 atom stereocenters. The molecular formula is C8H18N2O4S2. The topological polar surface area (TPSA) is 106 Å². The first-order valence-electron chi connectivity index (χ1n) is 5.22. The molecule has 2 unspecified atom stereocenters. The Labute approximate surface area is 96.6 Å². The van der Waals surface area contributed by atoms with Crippen LogP contribution in [-0.4, -0.2) is 46.2 Å². The lowest BCUT2D eigenvalue weighted by Gasteiger charge is -2.17. The molecule has 6 nitrogen and oxygen atoms in total. The van der Waals surface area contributed by atoms with Crippen molar-refractivity contribution in [2.24, 2.45) is 5.73 Å². The molecule has 1 saturated heterocycles. The number of nitrogens with one attached hydrogen (secondary N) is 1. The first kappa shape index (κ1) is 13.9. The third-order valence-electron chi connectivity index (χ3n) is 2.74. The van der Waals surface area contributed by atoms with Gasteiger partial charge in [-0.15, -0.1) is 0 Å². The average Bonchev–Trinajstić information content (AvgIpc) is 2.56. The van der Waals surface area contributed by atoms with E-state index in [1.54, 1.807) is 0 Å². The van der Waals surface area contributed by atoms with Crippen LogP contribution in [0.15, 0.2) is 0 Å². The number of hydrogen-bond donors (Lipinski definition) is 2. The number of sulfone groups is 1. The lowest BCUT2D eigenvalue weighted by Crippen LogP contribution is -2.44. The molecule has 0 aromatic rings. The standard InChI is InChI=1S/C8H18N2O4S2/c1-2-7(5-9)10-16(13,14)8-3-4-15(11,12)6-8/h7-8,10H,2-6,9H2,1H3. The highest BCUT2D eigenvalue weighted by molar-refractivity contribution is 7.95. The molecule has 1 aliphatic rings. The lowest BCUT2D eigenvalue weighted by molar-refractivity contribution is 0.532. The summed E-state index contributed by atoms with van der Waals surface area (Å²) in [5, 5.41) is -0.821. The van der Waals surface area contributed by atoms with Crippen molar-refractivity contribution in [3.63, 3.8) is 0 Å². The normalized spacial score (nSPS) is 26.8. The maximum atomic E-state index is 11.8. The number of hydrogen-bond acceptors (Lipinski definition) is 5. The fraction of sp³-hybridized carbons (Fsp3) is 1.00. The van der Waals surface area contributed by atoms with Crippen LogP contribution in [0.25, 0.3) is 0 Å². The summed E-state index contributed by atoms with van der Waals surface area (Å²) in [5.41, 5.74) is 5.40. The first-order chi connectivity index (χ1) is 7.30. The van der Waals surface area contributed by atoms with Crippen LogP contribution in [0, 0.1) is 0 Å². The maximum absolute atomic E-state index is 11.8. The van der Waals surface area contributed by atoms with Gasteiger partial charge in [0.2, 0.25) is 10.0 Å². The predicted molar refractivity (Wildman–Crippen MR) is 62.2 cm³/mol. The molecule has 96 valence electrons. The molecule has 3 N–H and O–H groups in total. The monoisotopic (exact) mass is 270 g/mol. The van der Waals surface area contributed by atoms with E-state index in [-0.39, 0.29) is 30.5 Å². The van der Waals surface area contributed by atoms with Crippen LogP contribution in [-0.2, 0) is 19.9 Å². The Bertz CT molecular complexity index is 425. The maximum Gasteiger partial charge on any atom is 0.215 e. The van der Waals surface area contributed by atoms with Gasteiger partial charge in [-0.1, -0.05) is 6.92 Å². The van der Waals surface area contributed by atoms with Crippen molar-refractivity contribution in [3.05, 3.63) is 0 Å². The van der Waals surface area contributed by atoms with Gasteiger partial charge in [-0.2, -0.15) is 0 Å². The molecule has 0 radical (unpaired) electrons. The van der Waals surface area contributed by atoms with Gasteiger partial charge in [-0.05, 0) is 12.8 Å². The highest BCUT2D eigenvalue weighted by atomic mass is 32.2. The van der Waals surface area contributed by atoms with Crippen LogP contribution in [0.2, 0.25) is 0 Å². The van der Waals surface area contributed by atoms with E-state index in [1.165, 1.54) is 0 Å². The van der Waals surface area contributed by atoms with Gasteiger partial charge in [0.15, 0.2) is 9.84 Å². The zero-order valence-electron chi connectivity index (χ0n) is 9.22. The van der Waals surface area contributed by atoms with E-state index in [0.717, 1.165) is 0 Å². The third kappa shape index (κ3) is 3.41. The van der Waals surface area contributed by atoms with E-state index in [0.29, 0.717) is 6.42 Å². The van der Waals surface area contributed by atoms with Gasteiger partial charge >= 0.3 is 0 Å². The summed E-state index contributed by atoms with van der Waals surface area (Å²) in [7, 11) is -6.74. The van der Waals surface area contributed by atoms with E-state index in [2.05, 4.69) is 4.72 Å². The Morgan fingerprint density at radius 2 is 2.12 bits per heavy atom. The minimum atomic E-state index is -3.56. The fourth-order valence-electron chi connectivity index (χ4n) is 1.63. The molecule has 0 amide bonds. The van der Waals surface area contributed by atoms with Crippen LogP contribution in [0.4, 0.5) is 0 Å². The van der Waals surface area contributed by atoms with Gasteiger partial charge < -0.3 is 5.73 Å². The Balaban J connectivity index is 2.72. The second kappa shape index (κ2) is 4.99. The molecule has 0 bridgehead atoms. The van der Waals surface area contributed by atoms with E-state index < -0.39 is 25.1 Å². The summed E-state index contributed by atoms with van der Waals surface area (Å²) in [6.07, 6.45) is 0.772. The molecule has 1 heterocycles. The molecule has 8 heteroatoms. The van der Waals surface area contributed by atoms with Gasteiger partial charge in [0.1, 0.15) is 0 Å². The molecule has 0 aromatic heterocycles. The van der Waals surface area contributed by atoms with Gasteiger partial charge in [-0.25, -0.2) is 21.6 Å². The van der Waals surface area contributed by atoms with Crippen molar-refractivity contribution in [1.82, 2.24) is 4.72 Å². The molecule has 0 aromatic carbocycles. The van der Waals surface area contributed by atoms with Crippen LogP contribution in [0.3, 0.4) is 0 Å². The second-order valence-electron chi connectivity index (χ2n) is 4.03. The minimum Gasteiger partial charge on any atom is -0.329 e. The summed E-state index contributed by atoms with van der Waals surface area (Å²) in [6.45, 7) is 2.04. The first-order valence-corrected chi connectivity index (χ1v) is 8.59. The largest absolute Gasteiger partial charge is 0.329 e. The van der Waals surface area contributed by atoms with E-state index in [1.807, 2.05) is 6.92 Å². The number of rotatable bonds is 5. The predicted octanol–water partition coefficient (Wildman–Crippen LogP) is -1.17. The Kier molecular flexibility index (Phi) is 4.33. The summed E-state index contributed by atoms with van der Waals surface area (Å²) < 4.78 is 48.5. The summed E-state index contributed by atoms with van der Waals surface area (Å²) in [4.78, 5) is 0. The van der Waals surface area contributed by atoms with Crippen molar-refractivity contribution < 1.29 is 16.8 Å². The molecular weight excluding hydrogens is 252 g/mol. The van der Waals surface area contributed by atoms with E-state index in [4.69, 9.17) is 5.73 Å². The van der Waals surface area contributed by atoms with Crippen LogP contribution < -0.4 is 10.5 Å². The summed E-state index contributed by atoms with van der Waals surface area (Å²) >= 11 is 0. The van der Waals surface area contributed by atoms with Crippen molar-refractivity contribution in [2.75, 3.05) is 18.1 Å².